The Morgan fingerprint density at radius 2 is 1.94 bits per heavy atom. The Morgan fingerprint density at radius 3 is 2.55 bits per heavy atom. The maximum Gasteiger partial charge on any atom is 0.256 e. The molecule has 8 heteroatoms. The van der Waals surface area contributed by atoms with Crippen LogP contribution < -0.4 is 11.1 Å². The van der Waals surface area contributed by atoms with Crippen LogP contribution in [0, 0.1) is 11.2 Å². The summed E-state index contributed by atoms with van der Waals surface area (Å²) in [5.74, 6) is -0.394. The molecule has 3 aromatic rings. The van der Waals surface area contributed by atoms with Crippen LogP contribution in [0.15, 0.2) is 42.9 Å². The van der Waals surface area contributed by atoms with Crippen LogP contribution in [0.2, 0.25) is 0 Å². The van der Waals surface area contributed by atoms with Crippen molar-refractivity contribution in [3.05, 3.63) is 59.9 Å². The van der Waals surface area contributed by atoms with Gasteiger partial charge >= 0.3 is 0 Å². The summed E-state index contributed by atoms with van der Waals surface area (Å²) in [5.41, 5.74) is 9.63. The second-order valence-corrected chi connectivity index (χ2v) is 8.33. The topological polar surface area (TPSA) is 97.0 Å². The van der Waals surface area contributed by atoms with E-state index in [1.165, 1.54) is 12.4 Å². The number of nitrogens with two attached hydrogens (primary N) is 1. The molecule has 1 amide bonds. The van der Waals surface area contributed by atoms with Gasteiger partial charge in [0.05, 0.1) is 17.0 Å². The third-order valence-electron chi connectivity index (χ3n) is 6.15. The van der Waals surface area contributed by atoms with E-state index < -0.39 is 5.82 Å². The number of nitrogens with zero attached hydrogens (tertiary/aromatic N) is 4. The van der Waals surface area contributed by atoms with Crippen molar-refractivity contribution in [3.63, 3.8) is 0 Å². The van der Waals surface area contributed by atoms with Crippen molar-refractivity contribution in [1.29, 1.82) is 0 Å². The molecule has 3 N–H and O–H groups in total. The molecule has 0 bridgehead atoms. The highest BCUT2D eigenvalue weighted by Gasteiger charge is 2.49. The van der Waals surface area contributed by atoms with Gasteiger partial charge in [-0.25, -0.2) is 19.3 Å². The standard InChI is InChI=1S/C23H23FN6O/c1-2-18-20(15-4-6-19(25)27-8-15)21(29-13-28-18)14-3-5-16(17(24)7-14)22(31)30-11-23(12-30)9-26-10-23/h3-8,13,26H,2,9-12H2,1H3,(H2,25,27). The molecule has 0 radical (unpaired) electrons. The summed E-state index contributed by atoms with van der Waals surface area (Å²) in [6, 6.07) is 8.24. The van der Waals surface area contributed by atoms with Crippen molar-refractivity contribution >= 4 is 11.7 Å². The van der Waals surface area contributed by atoms with Gasteiger partial charge in [-0.15, -0.1) is 0 Å². The van der Waals surface area contributed by atoms with E-state index in [2.05, 4.69) is 20.3 Å². The van der Waals surface area contributed by atoms with Crippen LogP contribution in [-0.4, -0.2) is 51.9 Å². The first-order chi connectivity index (χ1) is 15.0. The lowest BCUT2D eigenvalue weighted by Gasteiger charge is -2.56. The molecular weight excluding hydrogens is 395 g/mol. The molecule has 2 aliphatic heterocycles. The number of carbonyl (C=O) groups excluding carboxylic acids is 1. The number of benzene rings is 1. The maximum atomic E-state index is 15.0. The number of hydrogen-bond donors (Lipinski definition) is 2. The van der Waals surface area contributed by atoms with Gasteiger partial charge in [0.25, 0.3) is 5.91 Å². The van der Waals surface area contributed by atoms with E-state index in [9.17, 15) is 4.79 Å². The van der Waals surface area contributed by atoms with Crippen LogP contribution in [0.3, 0.4) is 0 Å². The van der Waals surface area contributed by atoms with E-state index in [0.717, 1.165) is 29.9 Å². The smallest absolute Gasteiger partial charge is 0.256 e. The van der Waals surface area contributed by atoms with Crippen molar-refractivity contribution in [2.45, 2.75) is 13.3 Å². The zero-order chi connectivity index (χ0) is 21.6. The molecule has 31 heavy (non-hydrogen) atoms. The van der Waals surface area contributed by atoms with E-state index in [1.54, 1.807) is 29.3 Å². The Morgan fingerprint density at radius 1 is 1.16 bits per heavy atom. The number of aryl methyl sites for hydroxylation is 1. The van der Waals surface area contributed by atoms with Crippen molar-refractivity contribution in [3.8, 4) is 22.4 Å². The van der Waals surface area contributed by atoms with Crippen LogP contribution in [0.25, 0.3) is 22.4 Å². The first kappa shape index (κ1) is 19.6. The third-order valence-corrected chi connectivity index (χ3v) is 6.15. The van der Waals surface area contributed by atoms with Gasteiger partial charge in [-0.1, -0.05) is 13.0 Å². The summed E-state index contributed by atoms with van der Waals surface area (Å²) in [4.78, 5) is 27.5. The van der Waals surface area contributed by atoms with Gasteiger partial charge < -0.3 is 16.0 Å². The number of anilines is 1. The molecule has 2 fully saturated rings. The van der Waals surface area contributed by atoms with Gasteiger partial charge in [0, 0.05) is 54.5 Å². The summed E-state index contributed by atoms with van der Waals surface area (Å²) >= 11 is 0. The predicted octanol–water partition coefficient (Wildman–Crippen LogP) is 2.53. The molecule has 0 unspecified atom stereocenters. The summed E-state index contributed by atoms with van der Waals surface area (Å²) in [6.07, 6.45) is 3.82. The molecule has 1 aromatic carbocycles. The molecule has 2 saturated heterocycles. The number of carbonyl (C=O) groups is 1. The summed E-state index contributed by atoms with van der Waals surface area (Å²) in [7, 11) is 0. The summed E-state index contributed by atoms with van der Waals surface area (Å²) < 4.78 is 15.0. The van der Waals surface area contributed by atoms with E-state index in [1.807, 2.05) is 13.0 Å². The minimum Gasteiger partial charge on any atom is -0.384 e. The molecule has 0 saturated carbocycles. The quantitative estimate of drug-likeness (QED) is 0.676. The Bertz CT molecular complexity index is 1150. The van der Waals surface area contributed by atoms with Gasteiger partial charge in [-0.3, -0.25) is 4.79 Å². The number of nitrogen functional groups attached to an aromatic ring is 1. The van der Waals surface area contributed by atoms with Crippen molar-refractivity contribution in [2.75, 3.05) is 31.9 Å². The highest BCUT2D eigenvalue weighted by molar-refractivity contribution is 5.96. The second kappa shape index (κ2) is 7.39. The van der Waals surface area contributed by atoms with E-state index in [4.69, 9.17) is 5.73 Å². The number of aromatic nitrogens is 3. The van der Waals surface area contributed by atoms with Crippen LogP contribution in [0.5, 0.6) is 0 Å². The minimum absolute atomic E-state index is 0.0892. The Kier molecular flexibility index (Phi) is 4.66. The molecule has 158 valence electrons. The van der Waals surface area contributed by atoms with E-state index in [-0.39, 0.29) is 16.9 Å². The SMILES string of the molecule is CCc1ncnc(-c2ccc(C(=O)N3CC4(CNC4)C3)c(F)c2)c1-c1ccc(N)nc1. The molecule has 4 heterocycles. The fourth-order valence-electron chi connectivity index (χ4n) is 4.38. The minimum atomic E-state index is -0.548. The van der Waals surface area contributed by atoms with Crippen LogP contribution in [-0.2, 0) is 6.42 Å². The summed E-state index contributed by atoms with van der Waals surface area (Å²) in [6.45, 7) is 5.21. The molecule has 5 rings (SSSR count). The molecule has 1 spiro atoms. The average molecular weight is 418 g/mol. The van der Waals surface area contributed by atoms with Gasteiger partial charge in [-0.2, -0.15) is 0 Å². The maximum absolute atomic E-state index is 15.0. The van der Waals surface area contributed by atoms with Gasteiger partial charge in [0.15, 0.2) is 0 Å². The third kappa shape index (κ3) is 3.33. The van der Waals surface area contributed by atoms with Crippen LogP contribution in [0.1, 0.15) is 23.0 Å². The van der Waals surface area contributed by atoms with Crippen LogP contribution in [0.4, 0.5) is 10.2 Å². The molecule has 0 atom stereocenters. The number of likely N-dealkylation sites (tertiary alicyclic amines) is 1. The predicted molar refractivity (Wildman–Crippen MR) is 116 cm³/mol. The molecule has 0 aliphatic carbocycles. The highest BCUT2D eigenvalue weighted by Crippen LogP contribution is 2.36. The first-order valence-electron chi connectivity index (χ1n) is 10.4. The van der Waals surface area contributed by atoms with Crippen molar-refractivity contribution < 1.29 is 9.18 Å². The van der Waals surface area contributed by atoms with Crippen molar-refractivity contribution in [1.82, 2.24) is 25.2 Å². The highest BCUT2D eigenvalue weighted by atomic mass is 19.1. The normalized spacial score (nSPS) is 16.6. The van der Waals surface area contributed by atoms with Gasteiger partial charge in [0.2, 0.25) is 0 Å². The van der Waals surface area contributed by atoms with Gasteiger partial charge in [-0.05, 0) is 30.7 Å². The fourth-order valence-corrected chi connectivity index (χ4v) is 4.38. The average Bonchev–Trinajstić information content (AvgIpc) is 2.71. The monoisotopic (exact) mass is 418 g/mol. The van der Waals surface area contributed by atoms with E-state index >= 15 is 4.39 Å². The number of hydrogen-bond acceptors (Lipinski definition) is 6. The lowest BCUT2D eigenvalue weighted by atomic mass is 9.74. The first-order valence-corrected chi connectivity index (χ1v) is 10.4. The molecule has 2 aromatic heterocycles. The zero-order valence-electron chi connectivity index (χ0n) is 17.2. The number of amides is 1. The van der Waals surface area contributed by atoms with Gasteiger partial charge in [0.1, 0.15) is 18.0 Å². The number of halogens is 1. The fraction of sp³-hybridized carbons (Fsp3) is 0.304. The van der Waals surface area contributed by atoms with Crippen molar-refractivity contribution in [2.24, 2.45) is 5.41 Å². The number of nitrogens with one attached hydrogen (secondary N) is 1. The number of pyridine rings is 1. The van der Waals surface area contributed by atoms with Crippen LogP contribution >= 0.6 is 0 Å². The second-order valence-electron chi connectivity index (χ2n) is 8.33. The molecule has 2 aliphatic rings. The Hall–Kier alpha value is -3.39. The Balaban J connectivity index is 1.49. The largest absolute Gasteiger partial charge is 0.384 e. The lowest BCUT2D eigenvalue weighted by Crippen LogP contribution is -2.71. The zero-order valence-corrected chi connectivity index (χ0v) is 17.2. The Labute approximate surface area is 179 Å². The molecule has 7 nitrogen and oxygen atoms in total. The number of rotatable bonds is 4. The lowest BCUT2D eigenvalue weighted by molar-refractivity contribution is -0.0250. The van der Waals surface area contributed by atoms with E-state index in [0.29, 0.717) is 36.6 Å². The summed E-state index contributed by atoms with van der Waals surface area (Å²) in [5, 5.41) is 3.24. The molecular formula is C23H23FN6O.